The molecule has 0 fully saturated rings. The molecule has 0 atom stereocenters. The predicted octanol–water partition coefficient (Wildman–Crippen LogP) is 3.42. The third-order valence-electron chi connectivity index (χ3n) is 2.16. The Morgan fingerprint density at radius 1 is 1.17 bits per heavy atom. The van der Waals surface area contributed by atoms with Gasteiger partial charge < -0.3 is 0 Å². The van der Waals surface area contributed by atoms with Gasteiger partial charge in [-0.3, -0.25) is 0 Å². The Bertz CT molecular complexity index is 180. The summed E-state index contributed by atoms with van der Waals surface area (Å²) in [4.78, 5) is 0. The Morgan fingerprint density at radius 3 is 1.75 bits per heavy atom. The van der Waals surface area contributed by atoms with Crippen molar-refractivity contribution in [3.05, 3.63) is 24.3 Å². The van der Waals surface area contributed by atoms with Crippen LogP contribution >= 0.6 is 0 Å². The Labute approximate surface area is 76.3 Å². The van der Waals surface area contributed by atoms with Crippen molar-refractivity contribution in [3.63, 3.8) is 0 Å². The van der Waals surface area contributed by atoms with Gasteiger partial charge in [0, 0.05) is 0 Å². The Morgan fingerprint density at radius 2 is 1.58 bits per heavy atom. The van der Waals surface area contributed by atoms with Crippen LogP contribution in [0.5, 0.6) is 0 Å². The maximum atomic E-state index is 7.42. The molecule has 0 amide bonds. The van der Waals surface area contributed by atoms with Crippen molar-refractivity contribution in [3.8, 4) is 0 Å². The molecule has 0 aromatic heterocycles. The van der Waals surface area contributed by atoms with Gasteiger partial charge in [0.05, 0.1) is 0 Å². The molecule has 0 aromatic carbocycles. The molecule has 0 rings (SSSR count). The van der Waals surface area contributed by atoms with E-state index in [1.165, 1.54) is 7.07 Å². The fraction of sp³-hybridized carbons (Fsp3) is 0.600. The van der Waals surface area contributed by atoms with Crippen molar-refractivity contribution in [2.45, 2.75) is 33.0 Å². The van der Waals surface area contributed by atoms with Crippen molar-refractivity contribution in [1.82, 2.24) is 0 Å². The average Bonchev–Trinajstić information content (AvgIpc) is 2.03. The molecule has 0 bridgehead atoms. The zero-order chi connectivity index (χ0) is 9.61. The van der Waals surface area contributed by atoms with E-state index in [0.717, 1.165) is 0 Å². The van der Waals surface area contributed by atoms with E-state index in [1.54, 1.807) is 0 Å². The van der Waals surface area contributed by atoms with E-state index in [1.807, 2.05) is 26.0 Å². The van der Waals surface area contributed by atoms with Crippen LogP contribution in [0.25, 0.3) is 0 Å². The molecule has 0 aliphatic rings. The summed E-state index contributed by atoms with van der Waals surface area (Å²) in [5.74, 6) is 0.433. The van der Waals surface area contributed by atoms with E-state index in [2.05, 4.69) is 26.0 Å². The van der Waals surface area contributed by atoms with Crippen LogP contribution in [0.4, 0.5) is 0 Å². The molecular formula is C10H18BN. The second kappa shape index (κ2) is 5.07. The molecular weight excluding hydrogens is 145 g/mol. The maximum absolute atomic E-state index is 7.42. The van der Waals surface area contributed by atoms with E-state index in [9.17, 15) is 0 Å². The number of hydrogen-bond donors (Lipinski definition) is 1. The molecule has 12 heavy (non-hydrogen) atoms. The van der Waals surface area contributed by atoms with Gasteiger partial charge in [0.15, 0.2) is 0 Å². The zero-order valence-corrected chi connectivity index (χ0v) is 8.46. The minimum atomic E-state index is -0.177. The molecule has 2 heteroatoms. The van der Waals surface area contributed by atoms with E-state index >= 15 is 0 Å². The summed E-state index contributed by atoms with van der Waals surface area (Å²) in [5.41, 5.74) is 0. The molecule has 0 spiro atoms. The van der Waals surface area contributed by atoms with Gasteiger partial charge in [-0.25, -0.2) is 0 Å². The van der Waals surface area contributed by atoms with Crippen LogP contribution in [0.2, 0.25) is 5.31 Å². The van der Waals surface area contributed by atoms with Gasteiger partial charge in [0.1, 0.15) is 0 Å². The molecule has 1 N–H and O–H groups in total. The summed E-state index contributed by atoms with van der Waals surface area (Å²) in [5, 5.41) is 7.24. The molecule has 66 valence electrons. The second-order valence-corrected chi connectivity index (χ2v) is 3.30. The topological polar surface area (TPSA) is 23.9 Å². The van der Waals surface area contributed by atoms with Crippen LogP contribution in [-0.4, -0.2) is 7.07 Å². The van der Waals surface area contributed by atoms with Crippen LogP contribution in [0.15, 0.2) is 24.3 Å². The molecule has 0 aliphatic carbocycles. The Hall–Kier alpha value is -0.655. The standard InChI is InChI=1S/C10H18BN/c1-5-7-10(11-12,8-6-2)9(3)4/h5-9,12H,1-4H3. The first-order valence-electron chi connectivity index (χ1n) is 4.42. The third-order valence-corrected chi connectivity index (χ3v) is 2.16. The van der Waals surface area contributed by atoms with Crippen LogP contribution < -0.4 is 0 Å². The van der Waals surface area contributed by atoms with Gasteiger partial charge >= 0.3 is 75.6 Å². The minimum absolute atomic E-state index is 0.177. The van der Waals surface area contributed by atoms with Gasteiger partial charge in [-0.2, -0.15) is 0 Å². The van der Waals surface area contributed by atoms with Crippen molar-refractivity contribution in [1.29, 1.82) is 5.31 Å². The van der Waals surface area contributed by atoms with Gasteiger partial charge in [-0.05, 0) is 0 Å². The summed E-state index contributed by atoms with van der Waals surface area (Å²) in [6, 6.07) is 0. The summed E-state index contributed by atoms with van der Waals surface area (Å²) >= 11 is 0. The van der Waals surface area contributed by atoms with E-state index in [-0.39, 0.29) is 5.31 Å². The van der Waals surface area contributed by atoms with Crippen LogP contribution in [-0.2, 0) is 0 Å². The summed E-state index contributed by atoms with van der Waals surface area (Å²) in [6.07, 6.45) is 8.16. The van der Waals surface area contributed by atoms with Crippen LogP contribution in [0.1, 0.15) is 27.7 Å². The number of allylic oxidation sites excluding steroid dienone is 4. The van der Waals surface area contributed by atoms with Crippen LogP contribution in [0.3, 0.4) is 0 Å². The molecule has 0 aromatic rings. The molecule has 0 radical (unpaired) electrons. The molecule has 0 saturated carbocycles. The number of rotatable bonds is 4. The normalized spacial score (nSPS) is 17.1. The van der Waals surface area contributed by atoms with E-state index in [0.29, 0.717) is 5.92 Å². The van der Waals surface area contributed by atoms with E-state index in [4.69, 9.17) is 5.31 Å². The monoisotopic (exact) mass is 163 g/mol. The SMILES string of the molecule is CC=CC(B=N)(C=CC)C(C)C. The van der Waals surface area contributed by atoms with E-state index < -0.39 is 0 Å². The van der Waals surface area contributed by atoms with Gasteiger partial charge in [0.2, 0.25) is 0 Å². The molecule has 0 unspecified atom stereocenters. The van der Waals surface area contributed by atoms with Gasteiger partial charge in [-0.1, -0.05) is 0 Å². The fourth-order valence-electron chi connectivity index (χ4n) is 1.28. The fourth-order valence-corrected chi connectivity index (χ4v) is 1.28. The molecule has 0 heterocycles. The Kier molecular flexibility index (Phi) is 4.80. The van der Waals surface area contributed by atoms with Crippen LogP contribution in [0, 0.1) is 11.2 Å². The van der Waals surface area contributed by atoms with Crippen molar-refractivity contribution >= 4 is 7.07 Å². The van der Waals surface area contributed by atoms with Gasteiger partial charge in [0.25, 0.3) is 0 Å². The molecule has 0 aliphatic heterocycles. The number of nitrogens with one attached hydrogen (secondary N) is 1. The zero-order valence-electron chi connectivity index (χ0n) is 8.46. The first-order valence-corrected chi connectivity index (χ1v) is 4.42. The quantitative estimate of drug-likeness (QED) is 0.485. The second-order valence-electron chi connectivity index (χ2n) is 3.30. The molecule has 0 saturated heterocycles. The third kappa shape index (κ3) is 2.44. The average molecular weight is 163 g/mol. The van der Waals surface area contributed by atoms with Crippen molar-refractivity contribution in [2.24, 2.45) is 5.92 Å². The first-order chi connectivity index (χ1) is 5.63. The number of hydrogen-bond acceptors (Lipinski definition) is 1. The Balaban J connectivity index is 4.88. The summed E-state index contributed by atoms with van der Waals surface area (Å²) in [6.45, 7) is 8.24. The predicted molar refractivity (Wildman–Crippen MR) is 55.6 cm³/mol. The van der Waals surface area contributed by atoms with Gasteiger partial charge in [-0.15, -0.1) is 0 Å². The first kappa shape index (κ1) is 11.3. The summed E-state index contributed by atoms with van der Waals surface area (Å²) < 4.78 is 0. The van der Waals surface area contributed by atoms with Crippen molar-refractivity contribution < 1.29 is 0 Å². The molecule has 1 nitrogen and oxygen atoms in total. The summed E-state index contributed by atoms with van der Waals surface area (Å²) in [7, 11) is 1.51. The van der Waals surface area contributed by atoms with Crippen molar-refractivity contribution in [2.75, 3.05) is 0 Å².